The normalized spacial score (nSPS) is 10.7. The molecule has 3 nitrogen and oxygen atoms in total. The van der Waals surface area contributed by atoms with Crippen LogP contribution in [0.2, 0.25) is 0 Å². The Morgan fingerprint density at radius 3 is 2.12 bits per heavy atom. The number of halogens is 1. The summed E-state index contributed by atoms with van der Waals surface area (Å²) in [6, 6.07) is 19.6. The van der Waals surface area contributed by atoms with Crippen LogP contribution in [0.3, 0.4) is 0 Å². The number of nitrogens with zero attached hydrogens (tertiary/aromatic N) is 2. The maximum absolute atomic E-state index is 13.2. The summed E-state index contributed by atoms with van der Waals surface area (Å²) in [7, 11) is 0. The second kappa shape index (κ2) is 6.08. The molecule has 0 fully saturated rings. The van der Waals surface area contributed by atoms with Gasteiger partial charge in [0.1, 0.15) is 11.5 Å². The quantitative estimate of drug-likeness (QED) is 0.521. The van der Waals surface area contributed by atoms with Crippen LogP contribution in [-0.4, -0.2) is 9.97 Å². The molecule has 2 aromatic heterocycles. The second-order valence-electron chi connectivity index (χ2n) is 5.31. The van der Waals surface area contributed by atoms with Crippen LogP contribution >= 0.6 is 0 Å². The van der Waals surface area contributed by atoms with Crippen molar-refractivity contribution in [3.8, 4) is 34.0 Å². The van der Waals surface area contributed by atoms with E-state index in [1.807, 2.05) is 42.5 Å². The van der Waals surface area contributed by atoms with Gasteiger partial charge in [0.05, 0.1) is 0 Å². The summed E-state index contributed by atoms with van der Waals surface area (Å²) in [6.07, 6.45) is 3.42. The zero-order valence-corrected chi connectivity index (χ0v) is 12.7. The Bertz CT molecular complexity index is 948. The van der Waals surface area contributed by atoms with Gasteiger partial charge >= 0.3 is 0 Å². The molecule has 2 heterocycles. The van der Waals surface area contributed by atoms with Crippen LogP contribution in [0.4, 0.5) is 4.39 Å². The van der Waals surface area contributed by atoms with Crippen LogP contribution in [-0.2, 0) is 0 Å². The second-order valence-corrected chi connectivity index (χ2v) is 5.31. The molecule has 4 heteroatoms. The Balaban J connectivity index is 1.90. The van der Waals surface area contributed by atoms with E-state index in [2.05, 4.69) is 9.97 Å². The molecule has 0 radical (unpaired) electrons. The first-order valence-corrected chi connectivity index (χ1v) is 7.54. The molecule has 0 aliphatic rings. The fraction of sp³-hybridized carbons (Fsp3) is 0. The highest BCUT2D eigenvalue weighted by Crippen LogP contribution is 2.35. The lowest BCUT2D eigenvalue weighted by atomic mass is 10.1. The molecule has 0 spiro atoms. The van der Waals surface area contributed by atoms with Crippen LogP contribution in [0.15, 0.2) is 83.5 Å². The Kier molecular flexibility index (Phi) is 3.63. The van der Waals surface area contributed by atoms with E-state index in [4.69, 9.17) is 4.42 Å². The van der Waals surface area contributed by atoms with Crippen LogP contribution in [0, 0.1) is 5.82 Å². The monoisotopic (exact) mass is 316 g/mol. The van der Waals surface area contributed by atoms with Gasteiger partial charge in [-0.25, -0.2) is 9.37 Å². The van der Waals surface area contributed by atoms with Crippen molar-refractivity contribution >= 4 is 0 Å². The van der Waals surface area contributed by atoms with E-state index < -0.39 is 0 Å². The molecule has 0 unspecified atom stereocenters. The summed E-state index contributed by atoms with van der Waals surface area (Å²) in [6.45, 7) is 0. The third-order valence-electron chi connectivity index (χ3n) is 3.71. The van der Waals surface area contributed by atoms with Crippen molar-refractivity contribution in [1.29, 1.82) is 0 Å². The third-order valence-corrected chi connectivity index (χ3v) is 3.71. The Morgan fingerprint density at radius 2 is 1.42 bits per heavy atom. The van der Waals surface area contributed by atoms with Crippen LogP contribution < -0.4 is 0 Å². The van der Waals surface area contributed by atoms with Crippen molar-refractivity contribution in [2.24, 2.45) is 0 Å². The predicted octanol–water partition coefficient (Wildman–Crippen LogP) is 5.21. The molecule has 0 aliphatic carbocycles. The van der Waals surface area contributed by atoms with Gasteiger partial charge in [-0.2, -0.15) is 0 Å². The van der Waals surface area contributed by atoms with E-state index in [0.29, 0.717) is 17.3 Å². The molecule has 0 amide bonds. The number of oxazole rings is 1. The maximum Gasteiger partial charge on any atom is 0.227 e. The van der Waals surface area contributed by atoms with E-state index in [1.54, 1.807) is 24.5 Å². The van der Waals surface area contributed by atoms with Crippen molar-refractivity contribution in [3.63, 3.8) is 0 Å². The summed E-state index contributed by atoms with van der Waals surface area (Å²) >= 11 is 0. The van der Waals surface area contributed by atoms with Crippen molar-refractivity contribution in [2.45, 2.75) is 0 Å². The molecule has 24 heavy (non-hydrogen) atoms. The van der Waals surface area contributed by atoms with E-state index in [9.17, 15) is 4.39 Å². The molecular weight excluding hydrogens is 303 g/mol. The fourth-order valence-corrected chi connectivity index (χ4v) is 2.53. The van der Waals surface area contributed by atoms with E-state index in [1.165, 1.54) is 12.1 Å². The van der Waals surface area contributed by atoms with Crippen LogP contribution in [0.25, 0.3) is 34.0 Å². The maximum atomic E-state index is 13.2. The lowest BCUT2D eigenvalue weighted by molar-refractivity contribution is 0.588. The zero-order valence-electron chi connectivity index (χ0n) is 12.7. The molecule has 4 aromatic rings. The first-order chi connectivity index (χ1) is 11.8. The summed E-state index contributed by atoms with van der Waals surface area (Å²) in [4.78, 5) is 8.70. The van der Waals surface area contributed by atoms with E-state index in [-0.39, 0.29) is 5.82 Å². The average Bonchev–Trinajstić information content (AvgIpc) is 3.09. The van der Waals surface area contributed by atoms with Gasteiger partial charge in [0.25, 0.3) is 0 Å². The van der Waals surface area contributed by atoms with Crippen molar-refractivity contribution < 1.29 is 8.81 Å². The standard InChI is InChI=1S/C20H13FN2O/c21-17-8-6-15(7-9-17)19-18(14-10-12-22-13-11-14)23-20(24-19)16-4-2-1-3-5-16/h1-13H. The Hall–Kier alpha value is -3.27. The SMILES string of the molecule is Fc1ccc(-c2oc(-c3ccccc3)nc2-c2ccncc2)cc1. The van der Waals surface area contributed by atoms with Gasteiger partial charge in [-0.3, -0.25) is 4.98 Å². The molecular formula is C20H13FN2O. The molecule has 0 bridgehead atoms. The minimum Gasteiger partial charge on any atom is -0.435 e. The Morgan fingerprint density at radius 1 is 0.708 bits per heavy atom. The smallest absolute Gasteiger partial charge is 0.227 e. The van der Waals surface area contributed by atoms with Gasteiger partial charge in [-0.15, -0.1) is 0 Å². The zero-order chi connectivity index (χ0) is 16.4. The minimum atomic E-state index is -0.285. The molecule has 0 saturated heterocycles. The lowest BCUT2D eigenvalue weighted by Crippen LogP contribution is -1.84. The Labute approximate surface area is 138 Å². The van der Waals surface area contributed by atoms with E-state index >= 15 is 0 Å². The fourth-order valence-electron chi connectivity index (χ4n) is 2.53. The van der Waals surface area contributed by atoms with Gasteiger partial charge in [-0.1, -0.05) is 18.2 Å². The van der Waals surface area contributed by atoms with Crippen molar-refractivity contribution in [2.75, 3.05) is 0 Å². The van der Waals surface area contributed by atoms with Crippen LogP contribution in [0.1, 0.15) is 0 Å². The molecule has 116 valence electrons. The molecule has 0 N–H and O–H groups in total. The highest BCUT2D eigenvalue weighted by atomic mass is 19.1. The number of hydrogen-bond donors (Lipinski definition) is 0. The number of aromatic nitrogens is 2. The average molecular weight is 316 g/mol. The lowest BCUT2D eigenvalue weighted by Gasteiger charge is -2.01. The molecule has 0 aliphatic heterocycles. The molecule has 2 aromatic carbocycles. The first kappa shape index (κ1) is 14.3. The van der Waals surface area contributed by atoms with Crippen molar-refractivity contribution in [3.05, 3.63) is 84.9 Å². The number of pyridine rings is 1. The summed E-state index contributed by atoms with van der Waals surface area (Å²) in [5, 5.41) is 0. The van der Waals surface area contributed by atoms with E-state index in [0.717, 1.165) is 16.7 Å². The highest BCUT2D eigenvalue weighted by molar-refractivity contribution is 5.78. The first-order valence-electron chi connectivity index (χ1n) is 7.54. The van der Waals surface area contributed by atoms with Gasteiger partial charge in [0.2, 0.25) is 5.89 Å². The predicted molar refractivity (Wildman–Crippen MR) is 90.6 cm³/mol. The molecule has 0 saturated carbocycles. The van der Waals surface area contributed by atoms with Crippen LogP contribution in [0.5, 0.6) is 0 Å². The summed E-state index contributed by atoms with van der Waals surface area (Å²) < 4.78 is 19.3. The summed E-state index contributed by atoms with van der Waals surface area (Å²) in [5.74, 6) is 0.855. The van der Waals surface area contributed by atoms with Crippen molar-refractivity contribution in [1.82, 2.24) is 9.97 Å². The van der Waals surface area contributed by atoms with Gasteiger partial charge in [-0.05, 0) is 48.5 Å². The number of benzene rings is 2. The van der Waals surface area contributed by atoms with Gasteiger partial charge in [0, 0.05) is 29.1 Å². The molecule has 0 atom stereocenters. The number of rotatable bonds is 3. The third kappa shape index (κ3) is 2.70. The summed E-state index contributed by atoms with van der Waals surface area (Å²) in [5.41, 5.74) is 3.28. The topological polar surface area (TPSA) is 38.9 Å². The molecule has 4 rings (SSSR count). The minimum absolute atomic E-state index is 0.285. The van der Waals surface area contributed by atoms with Gasteiger partial charge < -0.3 is 4.42 Å². The highest BCUT2D eigenvalue weighted by Gasteiger charge is 2.17. The largest absolute Gasteiger partial charge is 0.435 e. The number of hydrogen-bond acceptors (Lipinski definition) is 3. The van der Waals surface area contributed by atoms with Gasteiger partial charge in [0.15, 0.2) is 5.76 Å².